The maximum absolute atomic E-state index is 11.9. The molecule has 3 aliphatic rings. The highest BCUT2D eigenvalue weighted by Gasteiger charge is 2.22. The molecule has 0 N–H and O–H groups in total. The van der Waals surface area contributed by atoms with Gasteiger partial charge in [0.1, 0.15) is 0 Å². The smallest absolute Gasteiger partial charge is 0.159 e. The number of hydrogen-bond acceptors (Lipinski definition) is 1. The number of Topliss-reactive ketones (excluding diaryl/α,β-unsaturated/α-hetero) is 1. The van der Waals surface area contributed by atoms with Crippen molar-refractivity contribution < 1.29 is 4.79 Å². The Balaban J connectivity index is 2.03. The lowest BCUT2D eigenvalue weighted by Crippen LogP contribution is -2.11. The second kappa shape index (κ2) is 4.04. The monoisotopic (exact) mass is 214 g/mol. The van der Waals surface area contributed by atoms with Crippen molar-refractivity contribution in [3.63, 3.8) is 0 Å². The van der Waals surface area contributed by atoms with Crippen LogP contribution in [0.5, 0.6) is 0 Å². The summed E-state index contributed by atoms with van der Waals surface area (Å²) in [5.74, 6) is 0.410. The van der Waals surface area contributed by atoms with Gasteiger partial charge in [0.2, 0.25) is 0 Å². The Hall–Kier alpha value is -1.11. The van der Waals surface area contributed by atoms with Gasteiger partial charge in [0.05, 0.1) is 0 Å². The van der Waals surface area contributed by atoms with Crippen LogP contribution in [-0.4, -0.2) is 5.78 Å². The number of fused-ring (bicyclic) bond motifs is 1. The lowest BCUT2D eigenvalue weighted by Gasteiger charge is -2.19. The van der Waals surface area contributed by atoms with Crippen molar-refractivity contribution in [1.82, 2.24) is 0 Å². The first-order chi connectivity index (χ1) is 7.84. The Kier molecular flexibility index (Phi) is 2.55. The number of ketones is 1. The summed E-state index contributed by atoms with van der Waals surface area (Å²) in [6.45, 7) is 0. The van der Waals surface area contributed by atoms with Crippen LogP contribution in [0.2, 0.25) is 0 Å². The number of rotatable bonds is 0. The van der Waals surface area contributed by atoms with Gasteiger partial charge in [-0.25, -0.2) is 0 Å². The number of carbonyl (C=O) groups is 1. The van der Waals surface area contributed by atoms with Crippen molar-refractivity contribution >= 4 is 5.78 Å². The highest BCUT2D eigenvalue weighted by atomic mass is 16.1. The predicted molar refractivity (Wildman–Crippen MR) is 65.1 cm³/mol. The van der Waals surface area contributed by atoms with Crippen LogP contribution in [-0.2, 0) is 4.79 Å². The number of hydrogen-bond donors (Lipinski definition) is 0. The maximum atomic E-state index is 11.9. The first kappa shape index (κ1) is 10.1. The zero-order chi connectivity index (χ0) is 11.0. The fraction of sp³-hybridized carbons (Fsp3) is 0.533. The van der Waals surface area contributed by atoms with E-state index in [1.54, 1.807) is 5.57 Å². The van der Waals surface area contributed by atoms with E-state index in [1.807, 2.05) is 0 Å². The molecule has 0 unspecified atom stereocenters. The van der Waals surface area contributed by atoms with Crippen LogP contribution in [0, 0.1) is 0 Å². The second-order valence-electron chi connectivity index (χ2n) is 5.07. The SMILES string of the molecule is O=C1CCCC2=C1CC/C=C1/CCC/C1=C/2. The van der Waals surface area contributed by atoms with Gasteiger partial charge in [0.25, 0.3) is 0 Å². The van der Waals surface area contributed by atoms with E-state index in [0.29, 0.717) is 5.78 Å². The molecule has 0 saturated heterocycles. The first-order valence-corrected chi connectivity index (χ1v) is 6.50. The van der Waals surface area contributed by atoms with Gasteiger partial charge in [-0.2, -0.15) is 0 Å². The summed E-state index contributed by atoms with van der Waals surface area (Å²) in [7, 11) is 0. The third kappa shape index (κ3) is 1.68. The highest BCUT2D eigenvalue weighted by Crippen LogP contribution is 2.37. The summed E-state index contributed by atoms with van der Waals surface area (Å²) in [6, 6.07) is 0. The molecule has 3 rings (SSSR count). The topological polar surface area (TPSA) is 17.1 Å². The molecule has 0 aromatic heterocycles. The van der Waals surface area contributed by atoms with Crippen LogP contribution in [0.3, 0.4) is 0 Å². The molecule has 0 spiro atoms. The van der Waals surface area contributed by atoms with E-state index >= 15 is 0 Å². The van der Waals surface area contributed by atoms with Crippen molar-refractivity contribution in [2.24, 2.45) is 0 Å². The maximum Gasteiger partial charge on any atom is 0.159 e. The van der Waals surface area contributed by atoms with Crippen LogP contribution in [0.1, 0.15) is 51.4 Å². The van der Waals surface area contributed by atoms with Gasteiger partial charge < -0.3 is 0 Å². The van der Waals surface area contributed by atoms with Crippen molar-refractivity contribution in [3.8, 4) is 0 Å². The van der Waals surface area contributed by atoms with Gasteiger partial charge >= 0.3 is 0 Å². The predicted octanol–water partition coefficient (Wildman–Crippen LogP) is 3.87. The van der Waals surface area contributed by atoms with Gasteiger partial charge in [-0.05, 0) is 67.2 Å². The summed E-state index contributed by atoms with van der Waals surface area (Å²) >= 11 is 0. The molecular formula is C15H18O. The average Bonchev–Trinajstić information content (AvgIpc) is 2.65. The van der Waals surface area contributed by atoms with Crippen molar-refractivity contribution in [2.75, 3.05) is 0 Å². The zero-order valence-corrected chi connectivity index (χ0v) is 9.72. The number of allylic oxidation sites excluding steroid dienone is 6. The standard InChI is InChI=1S/C15H18O/c16-15-9-3-7-13-10-12-6-1-4-11(12)5-2-8-14(13)15/h5,10H,1-4,6-9H2/b11-5-,12-10-. The molecule has 1 saturated carbocycles. The Morgan fingerprint density at radius 3 is 2.62 bits per heavy atom. The zero-order valence-electron chi connectivity index (χ0n) is 9.72. The molecule has 1 fully saturated rings. The Morgan fingerprint density at radius 2 is 1.69 bits per heavy atom. The van der Waals surface area contributed by atoms with Crippen molar-refractivity contribution in [3.05, 3.63) is 34.4 Å². The lowest BCUT2D eigenvalue weighted by atomic mass is 9.85. The quantitative estimate of drug-likeness (QED) is 0.598. The molecule has 0 amide bonds. The Labute approximate surface area is 96.9 Å². The molecule has 1 heteroatoms. The average molecular weight is 214 g/mol. The van der Waals surface area contributed by atoms with E-state index in [-0.39, 0.29) is 0 Å². The Morgan fingerprint density at radius 1 is 0.875 bits per heavy atom. The summed E-state index contributed by atoms with van der Waals surface area (Å²) in [5.41, 5.74) is 5.58. The summed E-state index contributed by atoms with van der Waals surface area (Å²) < 4.78 is 0. The van der Waals surface area contributed by atoms with Crippen LogP contribution < -0.4 is 0 Å². The molecule has 0 aromatic rings. The van der Waals surface area contributed by atoms with E-state index in [9.17, 15) is 4.79 Å². The van der Waals surface area contributed by atoms with E-state index in [2.05, 4.69) is 12.2 Å². The van der Waals surface area contributed by atoms with Crippen LogP contribution in [0.4, 0.5) is 0 Å². The Bertz CT molecular complexity index is 421. The number of carbonyl (C=O) groups excluding carboxylic acids is 1. The largest absolute Gasteiger partial charge is 0.295 e. The van der Waals surface area contributed by atoms with Gasteiger partial charge in [0, 0.05) is 6.42 Å². The lowest BCUT2D eigenvalue weighted by molar-refractivity contribution is -0.116. The fourth-order valence-corrected chi connectivity index (χ4v) is 3.17. The first-order valence-electron chi connectivity index (χ1n) is 6.50. The molecule has 0 heterocycles. The minimum Gasteiger partial charge on any atom is -0.295 e. The van der Waals surface area contributed by atoms with E-state index in [4.69, 9.17) is 0 Å². The van der Waals surface area contributed by atoms with Crippen molar-refractivity contribution in [2.45, 2.75) is 51.4 Å². The van der Waals surface area contributed by atoms with Crippen LogP contribution in [0.15, 0.2) is 34.4 Å². The highest BCUT2D eigenvalue weighted by molar-refractivity contribution is 5.97. The normalized spacial score (nSPS) is 31.9. The molecule has 0 aromatic carbocycles. The summed E-state index contributed by atoms with van der Waals surface area (Å²) in [4.78, 5) is 11.9. The van der Waals surface area contributed by atoms with Crippen molar-refractivity contribution in [1.29, 1.82) is 0 Å². The van der Waals surface area contributed by atoms with Crippen LogP contribution >= 0.6 is 0 Å². The molecule has 3 aliphatic carbocycles. The minimum absolute atomic E-state index is 0.410. The second-order valence-corrected chi connectivity index (χ2v) is 5.07. The van der Waals surface area contributed by atoms with E-state index in [1.165, 1.54) is 30.4 Å². The molecule has 0 aliphatic heterocycles. The molecule has 16 heavy (non-hydrogen) atoms. The molecule has 84 valence electrons. The molecular weight excluding hydrogens is 196 g/mol. The molecule has 0 bridgehead atoms. The third-order valence-corrected chi connectivity index (χ3v) is 4.01. The van der Waals surface area contributed by atoms with E-state index < -0.39 is 0 Å². The fourth-order valence-electron chi connectivity index (χ4n) is 3.17. The summed E-state index contributed by atoms with van der Waals surface area (Å²) in [6.07, 6.45) is 13.5. The summed E-state index contributed by atoms with van der Waals surface area (Å²) in [5, 5.41) is 0. The third-order valence-electron chi connectivity index (χ3n) is 4.01. The minimum atomic E-state index is 0.410. The van der Waals surface area contributed by atoms with Gasteiger partial charge in [-0.3, -0.25) is 4.79 Å². The van der Waals surface area contributed by atoms with Crippen LogP contribution in [0.25, 0.3) is 0 Å². The molecule has 0 atom stereocenters. The van der Waals surface area contributed by atoms with Gasteiger partial charge in [0.15, 0.2) is 5.78 Å². The van der Waals surface area contributed by atoms with E-state index in [0.717, 1.165) is 37.7 Å². The van der Waals surface area contributed by atoms with Gasteiger partial charge in [-0.1, -0.05) is 12.2 Å². The molecule has 0 radical (unpaired) electrons. The van der Waals surface area contributed by atoms with Gasteiger partial charge in [-0.15, -0.1) is 0 Å². The molecule has 1 nitrogen and oxygen atoms in total.